The Morgan fingerprint density at radius 3 is 2.39 bits per heavy atom. The van der Waals surface area contributed by atoms with Crippen molar-refractivity contribution in [2.24, 2.45) is 17.8 Å². The van der Waals surface area contributed by atoms with E-state index in [-0.39, 0.29) is 34.0 Å². The van der Waals surface area contributed by atoms with E-state index in [4.69, 9.17) is 9.15 Å². The zero-order valence-electron chi connectivity index (χ0n) is 23.6. The van der Waals surface area contributed by atoms with Crippen molar-refractivity contribution >= 4 is 15.7 Å². The van der Waals surface area contributed by atoms with Crippen molar-refractivity contribution in [3.63, 3.8) is 0 Å². The van der Waals surface area contributed by atoms with Crippen LogP contribution in [0, 0.1) is 24.7 Å². The van der Waals surface area contributed by atoms with Crippen LogP contribution in [0.2, 0.25) is 0 Å². The van der Waals surface area contributed by atoms with Crippen LogP contribution in [0.3, 0.4) is 0 Å². The number of aromatic hydroxyl groups is 1. The first kappa shape index (κ1) is 28.0. The molecule has 1 aliphatic heterocycles. The molecule has 1 aromatic heterocycles. The highest BCUT2D eigenvalue weighted by Gasteiger charge is 2.38. The Balaban J connectivity index is 1.28. The van der Waals surface area contributed by atoms with Gasteiger partial charge in [-0.25, -0.2) is 13.2 Å². The third-order valence-electron chi connectivity index (χ3n) is 8.81. The zero-order chi connectivity index (χ0) is 28.6. The third kappa shape index (κ3) is 6.70. The van der Waals surface area contributed by atoms with Crippen LogP contribution in [0.1, 0.15) is 85.7 Å². The summed E-state index contributed by atoms with van der Waals surface area (Å²) in [5, 5.41) is 11.3. The summed E-state index contributed by atoms with van der Waals surface area (Å²) < 4.78 is 40.4. The second-order valence-electron chi connectivity index (χ2n) is 12.3. The Kier molecular flexibility index (Phi) is 7.97. The molecule has 0 radical (unpaired) electrons. The molecule has 2 heterocycles. The molecular formula is C33H39NO6S. The maximum absolute atomic E-state index is 13.6. The van der Waals surface area contributed by atoms with Crippen LogP contribution in [0.4, 0.5) is 5.69 Å². The lowest BCUT2D eigenvalue weighted by atomic mass is 9.84. The fourth-order valence-corrected chi connectivity index (χ4v) is 7.36. The van der Waals surface area contributed by atoms with Crippen LogP contribution in [0.15, 0.2) is 68.7 Å². The van der Waals surface area contributed by atoms with Gasteiger partial charge in [-0.3, -0.25) is 4.72 Å². The molecule has 0 spiro atoms. The van der Waals surface area contributed by atoms with Crippen LogP contribution in [-0.4, -0.2) is 26.7 Å². The van der Waals surface area contributed by atoms with Crippen LogP contribution in [0.25, 0.3) is 0 Å². The molecule has 3 atom stereocenters. The van der Waals surface area contributed by atoms with Crippen LogP contribution >= 0.6 is 0 Å². The maximum atomic E-state index is 13.6. The number of sulfonamides is 1. The molecule has 2 aliphatic carbocycles. The Labute approximate surface area is 242 Å². The van der Waals surface area contributed by atoms with E-state index in [2.05, 4.69) is 4.72 Å². The number of anilines is 1. The molecule has 218 valence electrons. The number of aryl methyl sites for hydroxylation is 1. The molecule has 8 heteroatoms. The standard InChI is InChI=1S/C33H39NO6S/c1-21-7-13-28(14-8-21)41(37,38)34-27-6-2-5-25(18-27)31(24-11-12-24)32-29(35)19-30(40-33(32)36)26(16-22-9-10-22)17-23-4-3-15-39-20-23/h2,5-8,13-14,18-19,22-24,26,31,34-35H,3-4,9-12,15-17,20H2,1H3. The first-order chi connectivity index (χ1) is 19.8. The molecule has 3 unspecified atom stereocenters. The van der Waals surface area contributed by atoms with Gasteiger partial charge in [0.1, 0.15) is 11.5 Å². The van der Waals surface area contributed by atoms with Gasteiger partial charge in [0.25, 0.3) is 10.0 Å². The summed E-state index contributed by atoms with van der Waals surface area (Å²) in [4.78, 5) is 13.8. The van der Waals surface area contributed by atoms with E-state index in [1.807, 2.05) is 13.0 Å². The van der Waals surface area contributed by atoms with E-state index >= 15 is 0 Å². The largest absolute Gasteiger partial charge is 0.507 e. The fraction of sp³-hybridized carbons (Fsp3) is 0.485. The van der Waals surface area contributed by atoms with Gasteiger partial charge < -0.3 is 14.3 Å². The highest BCUT2D eigenvalue weighted by Crippen LogP contribution is 2.49. The monoisotopic (exact) mass is 577 g/mol. The second kappa shape index (κ2) is 11.6. The SMILES string of the molecule is Cc1ccc(S(=O)(=O)Nc2cccc(C(c3c(O)cc(C(CC4CC4)CC4CCCOC4)oc3=O)C3CC3)c2)cc1. The van der Waals surface area contributed by atoms with Crippen LogP contribution < -0.4 is 10.3 Å². The molecule has 7 nitrogen and oxygen atoms in total. The zero-order valence-corrected chi connectivity index (χ0v) is 24.4. The van der Waals surface area contributed by atoms with Crippen molar-refractivity contribution < 1.29 is 22.7 Å². The predicted octanol–water partition coefficient (Wildman–Crippen LogP) is 6.70. The molecule has 2 aromatic carbocycles. The van der Waals surface area contributed by atoms with E-state index < -0.39 is 15.6 Å². The topological polar surface area (TPSA) is 106 Å². The van der Waals surface area contributed by atoms with Gasteiger partial charge in [0.2, 0.25) is 0 Å². The van der Waals surface area contributed by atoms with E-state index in [1.165, 1.54) is 12.8 Å². The molecule has 2 N–H and O–H groups in total. The average Bonchev–Trinajstić information content (AvgIpc) is 3.87. The number of nitrogens with one attached hydrogen (secondary N) is 1. The molecule has 3 aliphatic rings. The van der Waals surface area contributed by atoms with E-state index in [9.17, 15) is 18.3 Å². The van der Waals surface area contributed by atoms with Crippen molar-refractivity contribution in [1.82, 2.24) is 0 Å². The molecule has 0 amide bonds. The van der Waals surface area contributed by atoms with E-state index in [0.717, 1.165) is 62.9 Å². The van der Waals surface area contributed by atoms with Gasteiger partial charge >= 0.3 is 5.63 Å². The fourth-order valence-electron chi connectivity index (χ4n) is 6.31. The van der Waals surface area contributed by atoms with Crippen LogP contribution in [-0.2, 0) is 14.8 Å². The lowest BCUT2D eigenvalue weighted by molar-refractivity contribution is 0.0472. The molecular weight excluding hydrogens is 538 g/mol. The Bertz CT molecular complexity index is 1530. The Morgan fingerprint density at radius 2 is 1.73 bits per heavy atom. The molecule has 2 saturated carbocycles. The summed E-state index contributed by atoms with van der Waals surface area (Å²) in [7, 11) is -3.78. The first-order valence-electron chi connectivity index (χ1n) is 14.9. The van der Waals surface area contributed by atoms with Gasteiger partial charge in [-0.15, -0.1) is 0 Å². The van der Waals surface area contributed by atoms with Crippen molar-refractivity contribution in [3.05, 3.63) is 87.5 Å². The average molecular weight is 578 g/mol. The summed E-state index contributed by atoms with van der Waals surface area (Å²) in [6.45, 7) is 3.46. The van der Waals surface area contributed by atoms with Gasteiger partial charge in [0.15, 0.2) is 0 Å². The highest BCUT2D eigenvalue weighted by atomic mass is 32.2. The molecule has 6 rings (SSSR count). The quantitative estimate of drug-likeness (QED) is 0.263. The maximum Gasteiger partial charge on any atom is 0.343 e. The van der Waals surface area contributed by atoms with Crippen molar-refractivity contribution in [2.45, 2.75) is 75.0 Å². The molecule has 3 fully saturated rings. The number of benzene rings is 2. The van der Waals surface area contributed by atoms with Gasteiger partial charge in [-0.2, -0.15) is 0 Å². The Morgan fingerprint density at radius 1 is 0.976 bits per heavy atom. The Hall–Kier alpha value is -3.10. The number of rotatable bonds is 11. The van der Waals surface area contributed by atoms with Gasteiger partial charge in [0.05, 0.1) is 10.5 Å². The second-order valence-corrected chi connectivity index (χ2v) is 14.0. The molecule has 41 heavy (non-hydrogen) atoms. The lowest BCUT2D eigenvalue weighted by Crippen LogP contribution is -2.21. The number of hydrogen-bond acceptors (Lipinski definition) is 6. The highest BCUT2D eigenvalue weighted by molar-refractivity contribution is 7.92. The minimum Gasteiger partial charge on any atom is -0.507 e. The van der Waals surface area contributed by atoms with Gasteiger partial charge in [-0.1, -0.05) is 42.7 Å². The van der Waals surface area contributed by atoms with Gasteiger partial charge in [0, 0.05) is 36.8 Å². The number of hydrogen-bond donors (Lipinski definition) is 2. The minimum absolute atomic E-state index is 0.0283. The molecule has 3 aromatic rings. The summed E-state index contributed by atoms with van der Waals surface area (Å²) in [6, 6.07) is 15.5. The first-order valence-corrected chi connectivity index (χ1v) is 16.4. The van der Waals surface area contributed by atoms with Crippen molar-refractivity contribution in [1.29, 1.82) is 0 Å². The molecule has 0 bridgehead atoms. The summed E-state index contributed by atoms with van der Waals surface area (Å²) in [5.74, 6) is 1.52. The predicted molar refractivity (Wildman–Crippen MR) is 158 cm³/mol. The number of ether oxygens (including phenoxy) is 1. The third-order valence-corrected chi connectivity index (χ3v) is 10.2. The smallest absolute Gasteiger partial charge is 0.343 e. The molecule has 1 saturated heterocycles. The normalized spacial score (nSPS) is 20.9. The summed E-state index contributed by atoms with van der Waals surface area (Å²) in [5.41, 5.74) is 1.93. The summed E-state index contributed by atoms with van der Waals surface area (Å²) >= 11 is 0. The minimum atomic E-state index is -3.78. The van der Waals surface area contributed by atoms with E-state index in [0.29, 0.717) is 23.3 Å². The van der Waals surface area contributed by atoms with Crippen molar-refractivity contribution in [3.8, 4) is 5.75 Å². The van der Waals surface area contributed by atoms with Crippen LogP contribution in [0.5, 0.6) is 5.75 Å². The lowest BCUT2D eigenvalue weighted by Gasteiger charge is -2.26. The summed E-state index contributed by atoms with van der Waals surface area (Å²) in [6.07, 6.45) is 8.30. The van der Waals surface area contributed by atoms with E-state index in [1.54, 1.807) is 48.5 Å². The van der Waals surface area contributed by atoms with Gasteiger partial charge in [-0.05, 0) is 93.0 Å². The van der Waals surface area contributed by atoms with Crippen molar-refractivity contribution in [2.75, 3.05) is 17.9 Å².